The molecule has 3 rings (SSSR count). The minimum absolute atomic E-state index is 0.334. The quantitative estimate of drug-likeness (QED) is 0.698. The second-order valence-electron chi connectivity index (χ2n) is 5.14. The minimum atomic E-state index is -0.358. The van der Waals surface area contributed by atoms with Crippen LogP contribution in [-0.4, -0.2) is 10.5 Å². The highest BCUT2D eigenvalue weighted by Crippen LogP contribution is 2.25. The summed E-state index contributed by atoms with van der Waals surface area (Å²) >= 11 is 3.42. The van der Waals surface area contributed by atoms with Crippen molar-refractivity contribution in [3.8, 4) is 5.75 Å². The number of hydrogen-bond acceptors (Lipinski definition) is 3. The highest BCUT2D eigenvalue weighted by molar-refractivity contribution is 9.10. The summed E-state index contributed by atoms with van der Waals surface area (Å²) in [5.74, 6) is 0.175. The molecule has 3 aromatic rings. The van der Waals surface area contributed by atoms with Crippen LogP contribution in [0.2, 0.25) is 0 Å². The molecule has 0 aliphatic heterocycles. The molecule has 0 aliphatic rings. The van der Waals surface area contributed by atoms with E-state index >= 15 is 0 Å². The second-order valence-corrected chi connectivity index (χ2v) is 6.05. The van der Waals surface area contributed by atoms with Gasteiger partial charge in [-0.05, 0) is 29.8 Å². The number of carbonyl (C=O) groups is 1. The maximum absolute atomic E-state index is 12.0. The van der Waals surface area contributed by atoms with E-state index in [-0.39, 0.29) is 11.5 Å². The lowest BCUT2D eigenvalue weighted by Gasteiger charge is -2.13. The van der Waals surface area contributed by atoms with Crippen molar-refractivity contribution in [2.75, 3.05) is 0 Å². The Bertz CT molecular complexity index is 946. The maximum atomic E-state index is 12.0. The number of pyridine rings is 1. The van der Waals surface area contributed by atoms with Crippen LogP contribution in [0.25, 0.3) is 10.9 Å². The van der Waals surface area contributed by atoms with Gasteiger partial charge in [-0.25, -0.2) is 4.57 Å². The first-order valence-corrected chi connectivity index (χ1v) is 7.88. The predicted octanol–water partition coefficient (Wildman–Crippen LogP) is 4.00. The maximum Gasteiger partial charge on any atom is 0.257 e. The molecule has 1 aromatic heterocycles. The Morgan fingerprint density at radius 2 is 1.91 bits per heavy atom. The van der Waals surface area contributed by atoms with E-state index in [2.05, 4.69) is 15.9 Å². The highest BCUT2D eigenvalue weighted by atomic mass is 79.9. The molecule has 0 atom stereocenters. The SMILES string of the molecule is CC(=O)n1c(=O)ccc2cccc(OCc3cccc(Br)c3)c21. The van der Waals surface area contributed by atoms with Crippen molar-refractivity contribution in [2.45, 2.75) is 13.5 Å². The molecular formula is C18H14BrNO3. The molecular weight excluding hydrogens is 358 g/mol. The summed E-state index contributed by atoms with van der Waals surface area (Å²) < 4.78 is 7.99. The Kier molecular flexibility index (Phi) is 4.30. The van der Waals surface area contributed by atoms with E-state index in [1.165, 1.54) is 13.0 Å². The van der Waals surface area contributed by atoms with Gasteiger partial charge in [0, 0.05) is 22.8 Å². The number of hydrogen-bond donors (Lipinski definition) is 0. The summed E-state index contributed by atoms with van der Waals surface area (Å²) in [5, 5.41) is 0.784. The van der Waals surface area contributed by atoms with Gasteiger partial charge >= 0.3 is 0 Å². The van der Waals surface area contributed by atoms with Crippen LogP contribution in [0.5, 0.6) is 5.75 Å². The van der Waals surface area contributed by atoms with E-state index in [0.29, 0.717) is 17.9 Å². The van der Waals surface area contributed by atoms with Crippen molar-refractivity contribution in [3.05, 3.63) is 75.0 Å². The zero-order chi connectivity index (χ0) is 16.4. The largest absolute Gasteiger partial charge is 0.487 e. The number of nitrogens with zero attached hydrogens (tertiary/aromatic N) is 1. The molecule has 5 heteroatoms. The van der Waals surface area contributed by atoms with Crippen LogP contribution >= 0.6 is 15.9 Å². The molecule has 0 amide bonds. The van der Waals surface area contributed by atoms with Gasteiger partial charge in [0.05, 0.1) is 0 Å². The molecule has 0 N–H and O–H groups in total. The molecule has 2 aromatic carbocycles. The first-order valence-electron chi connectivity index (χ1n) is 7.09. The normalized spacial score (nSPS) is 10.7. The Balaban J connectivity index is 2.05. The van der Waals surface area contributed by atoms with Crippen LogP contribution in [-0.2, 0) is 6.61 Å². The number of para-hydroxylation sites is 1. The number of rotatable bonds is 3. The van der Waals surface area contributed by atoms with E-state index in [1.807, 2.05) is 36.4 Å². The third kappa shape index (κ3) is 3.19. The predicted molar refractivity (Wildman–Crippen MR) is 93.0 cm³/mol. The summed E-state index contributed by atoms with van der Waals surface area (Å²) in [6, 6.07) is 16.3. The van der Waals surface area contributed by atoms with Crippen LogP contribution in [0.4, 0.5) is 0 Å². The van der Waals surface area contributed by atoms with Gasteiger partial charge in [0.2, 0.25) is 5.91 Å². The van der Waals surface area contributed by atoms with Crippen LogP contribution in [0.3, 0.4) is 0 Å². The number of aromatic nitrogens is 1. The number of ether oxygens (including phenoxy) is 1. The van der Waals surface area contributed by atoms with Gasteiger partial charge < -0.3 is 4.74 Å². The van der Waals surface area contributed by atoms with Crippen molar-refractivity contribution in [1.82, 2.24) is 4.57 Å². The molecule has 4 nitrogen and oxygen atoms in total. The Morgan fingerprint density at radius 1 is 1.13 bits per heavy atom. The molecule has 23 heavy (non-hydrogen) atoms. The van der Waals surface area contributed by atoms with Crippen LogP contribution in [0, 0.1) is 0 Å². The minimum Gasteiger partial charge on any atom is -0.487 e. The lowest BCUT2D eigenvalue weighted by atomic mass is 10.2. The average molecular weight is 372 g/mol. The number of benzene rings is 2. The first-order chi connectivity index (χ1) is 11.1. The van der Waals surface area contributed by atoms with Crippen LogP contribution < -0.4 is 10.3 Å². The standard InChI is InChI=1S/C18H14BrNO3/c1-12(21)20-17(22)9-8-14-5-3-7-16(18(14)20)23-11-13-4-2-6-15(19)10-13/h2-10H,11H2,1H3. The van der Waals surface area contributed by atoms with Gasteiger partial charge in [0.25, 0.3) is 5.56 Å². The van der Waals surface area contributed by atoms with Crippen molar-refractivity contribution >= 4 is 32.7 Å². The fourth-order valence-electron chi connectivity index (χ4n) is 2.48. The lowest BCUT2D eigenvalue weighted by molar-refractivity contribution is 0.0937. The zero-order valence-electron chi connectivity index (χ0n) is 12.5. The molecule has 0 bridgehead atoms. The first kappa shape index (κ1) is 15.5. The second kappa shape index (κ2) is 6.38. The summed E-state index contributed by atoms with van der Waals surface area (Å²) in [6.45, 7) is 1.71. The van der Waals surface area contributed by atoms with Gasteiger partial charge in [-0.3, -0.25) is 9.59 Å². The number of carbonyl (C=O) groups excluding carboxylic acids is 1. The van der Waals surface area contributed by atoms with Gasteiger partial charge in [-0.2, -0.15) is 0 Å². The van der Waals surface area contributed by atoms with Crippen molar-refractivity contribution < 1.29 is 9.53 Å². The zero-order valence-corrected chi connectivity index (χ0v) is 14.0. The van der Waals surface area contributed by atoms with Crippen LogP contribution in [0.1, 0.15) is 17.3 Å². The third-order valence-electron chi connectivity index (χ3n) is 3.48. The van der Waals surface area contributed by atoms with Crippen molar-refractivity contribution in [2.24, 2.45) is 0 Å². The van der Waals surface area contributed by atoms with E-state index in [0.717, 1.165) is 20.0 Å². The fourth-order valence-corrected chi connectivity index (χ4v) is 2.92. The lowest BCUT2D eigenvalue weighted by Crippen LogP contribution is -2.24. The van der Waals surface area contributed by atoms with Gasteiger partial charge in [-0.15, -0.1) is 0 Å². The summed E-state index contributed by atoms with van der Waals surface area (Å²) in [4.78, 5) is 23.9. The number of fused-ring (bicyclic) bond motifs is 1. The topological polar surface area (TPSA) is 48.3 Å². The van der Waals surface area contributed by atoms with E-state index in [9.17, 15) is 9.59 Å². The van der Waals surface area contributed by atoms with Crippen molar-refractivity contribution in [3.63, 3.8) is 0 Å². The fraction of sp³-hybridized carbons (Fsp3) is 0.111. The summed E-state index contributed by atoms with van der Waals surface area (Å²) in [7, 11) is 0. The monoisotopic (exact) mass is 371 g/mol. The number of halogens is 1. The molecule has 1 heterocycles. The molecule has 0 radical (unpaired) electrons. The van der Waals surface area contributed by atoms with Gasteiger partial charge in [0.15, 0.2) is 0 Å². The Hall–Kier alpha value is -2.40. The summed E-state index contributed by atoms with van der Waals surface area (Å²) in [6.07, 6.45) is 0. The highest BCUT2D eigenvalue weighted by Gasteiger charge is 2.12. The van der Waals surface area contributed by atoms with Crippen molar-refractivity contribution in [1.29, 1.82) is 0 Å². The Morgan fingerprint density at radius 3 is 2.65 bits per heavy atom. The molecule has 0 saturated heterocycles. The third-order valence-corrected chi connectivity index (χ3v) is 3.97. The molecule has 0 unspecified atom stereocenters. The van der Waals surface area contributed by atoms with Gasteiger partial charge in [-0.1, -0.05) is 40.2 Å². The summed E-state index contributed by atoms with van der Waals surface area (Å²) in [5.41, 5.74) is 1.13. The van der Waals surface area contributed by atoms with E-state index in [1.54, 1.807) is 12.1 Å². The molecule has 0 spiro atoms. The Labute approximate surface area is 141 Å². The molecule has 116 valence electrons. The molecule has 0 fully saturated rings. The van der Waals surface area contributed by atoms with Gasteiger partial charge in [0.1, 0.15) is 17.9 Å². The molecule has 0 aliphatic carbocycles. The van der Waals surface area contributed by atoms with Crippen LogP contribution in [0.15, 0.2) is 63.9 Å². The van der Waals surface area contributed by atoms with E-state index < -0.39 is 0 Å². The molecule has 0 saturated carbocycles. The average Bonchev–Trinajstić information content (AvgIpc) is 2.52. The smallest absolute Gasteiger partial charge is 0.257 e. The van der Waals surface area contributed by atoms with E-state index in [4.69, 9.17) is 4.74 Å².